The molecule has 1 aliphatic carbocycles. The number of benzene rings is 1. The predicted molar refractivity (Wildman–Crippen MR) is 112 cm³/mol. The maximum absolute atomic E-state index is 12.7. The van der Waals surface area contributed by atoms with Gasteiger partial charge in [0.1, 0.15) is 0 Å². The quantitative estimate of drug-likeness (QED) is 0.391. The molecule has 1 aliphatic rings. The average Bonchev–Trinajstić information content (AvgIpc) is 3.51. The molecule has 4 rings (SSSR count). The van der Waals surface area contributed by atoms with Crippen molar-refractivity contribution in [2.24, 2.45) is 0 Å². The van der Waals surface area contributed by atoms with E-state index in [4.69, 9.17) is 0 Å². The summed E-state index contributed by atoms with van der Waals surface area (Å²) in [5, 5.41) is 9.55. The van der Waals surface area contributed by atoms with Crippen molar-refractivity contribution in [1.82, 2.24) is 19.7 Å². The second-order valence-corrected chi connectivity index (χ2v) is 8.23. The molecule has 0 unspecified atom stereocenters. The van der Waals surface area contributed by atoms with E-state index in [1.807, 2.05) is 24.3 Å². The van der Waals surface area contributed by atoms with Gasteiger partial charge in [-0.1, -0.05) is 49.9 Å². The first-order chi connectivity index (χ1) is 13.7. The minimum Gasteiger partial charge on any atom is -0.299 e. The van der Waals surface area contributed by atoms with Crippen molar-refractivity contribution >= 4 is 17.5 Å². The summed E-state index contributed by atoms with van der Waals surface area (Å²) < 4.78 is 2.17. The minimum absolute atomic E-state index is 0.119. The van der Waals surface area contributed by atoms with E-state index in [2.05, 4.69) is 45.7 Å². The fourth-order valence-electron chi connectivity index (χ4n) is 3.18. The summed E-state index contributed by atoms with van der Waals surface area (Å²) >= 11 is 1.47. The van der Waals surface area contributed by atoms with Gasteiger partial charge >= 0.3 is 0 Å². The lowest BCUT2D eigenvalue weighted by molar-refractivity contribution is 0.102. The molecule has 1 atom stereocenters. The summed E-state index contributed by atoms with van der Waals surface area (Å²) in [6.07, 6.45) is 6.91. The van der Waals surface area contributed by atoms with Gasteiger partial charge < -0.3 is 0 Å². The molecular formula is C22H24N4OS. The molecule has 144 valence electrons. The largest absolute Gasteiger partial charge is 0.299 e. The van der Waals surface area contributed by atoms with E-state index < -0.39 is 0 Å². The second-order valence-electron chi connectivity index (χ2n) is 7.29. The Labute approximate surface area is 169 Å². The summed E-state index contributed by atoms with van der Waals surface area (Å²) in [5.74, 6) is 1.83. The summed E-state index contributed by atoms with van der Waals surface area (Å²) in [6, 6.07) is 12.3. The number of thioether (sulfide) groups is 1. The van der Waals surface area contributed by atoms with Crippen molar-refractivity contribution in [3.63, 3.8) is 0 Å². The Balaban J connectivity index is 1.48. The number of aromatic nitrogens is 4. The number of rotatable bonds is 8. The maximum atomic E-state index is 12.7. The lowest BCUT2D eigenvalue weighted by atomic mass is 9.97. The van der Waals surface area contributed by atoms with E-state index in [0.717, 1.165) is 41.4 Å². The molecule has 0 amide bonds. The molecular weight excluding hydrogens is 368 g/mol. The van der Waals surface area contributed by atoms with E-state index in [9.17, 15) is 4.79 Å². The van der Waals surface area contributed by atoms with Crippen molar-refractivity contribution in [1.29, 1.82) is 0 Å². The lowest BCUT2D eigenvalue weighted by Crippen LogP contribution is -2.05. The Morgan fingerprint density at radius 1 is 1.21 bits per heavy atom. The first kappa shape index (κ1) is 18.9. The molecule has 2 heterocycles. The van der Waals surface area contributed by atoms with Crippen LogP contribution in [0, 0.1) is 0 Å². The number of pyridine rings is 1. The molecule has 0 spiro atoms. The number of ketones is 1. The molecule has 1 saturated carbocycles. The van der Waals surface area contributed by atoms with Gasteiger partial charge in [0.05, 0.1) is 5.75 Å². The monoisotopic (exact) mass is 392 g/mol. The van der Waals surface area contributed by atoms with Gasteiger partial charge in [-0.05, 0) is 42.9 Å². The van der Waals surface area contributed by atoms with Crippen LogP contribution >= 0.6 is 11.8 Å². The molecule has 5 nitrogen and oxygen atoms in total. The molecule has 0 radical (unpaired) electrons. The molecule has 0 N–H and O–H groups in total. The standard InChI is InChI=1S/C22H24N4OS/c1-3-15(2)16-6-8-17(9-7-16)20(27)14-28-22-25-24-21(26(22)19-10-11-19)18-5-4-12-23-13-18/h4-9,12-13,15,19H,3,10-11,14H2,1-2H3/t15-/m0/s1. The summed E-state index contributed by atoms with van der Waals surface area (Å²) in [7, 11) is 0. The highest BCUT2D eigenvalue weighted by atomic mass is 32.2. The van der Waals surface area contributed by atoms with Crippen LogP contribution in [0.5, 0.6) is 0 Å². The third kappa shape index (κ3) is 4.02. The smallest absolute Gasteiger partial charge is 0.192 e. The minimum atomic E-state index is 0.119. The van der Waals surface area contributed by atoms with Gasteiger partial charge in [0.2, 0.25) is 0 Å². The first-order valence-corrected chi connectivity index (χ1v) is 10.8. The molecule has 28 heavy (non-hydrogen) atoms. The van der Waals surface area contributed by atoms with Gasteiger partial charge in [-0.15, -0.1) is 10.2 Å². The third-order valence-electron chi connectivity index (χ3n) is 5.24. The zero-order chi connectivity index (χ0) is 19.5. The average molecular weight is 393 g/mol. The van der Waals surface area contributed by atoms with Gasteiger partial charge in [0, 0.05) is 29.6 Å². The lowest BCUT2D eigenvalue weighted by Gasteiger charge is -2.10. The predicted octanol–water partition coefficient (Wildman–Crippen LogP) is 5.16. The molecule has 0 saturated heterocycles. The first-order valence-electron chi connectivity index (χ1n) is 9.78. The molecule has 1 fully saturated rings. The van der Waals surface area contributed by atoms with Crippen LogP contribution in [0.15, 0.2) is 53.9 Å². The van der Waals surface area contributed by atoms with Crippen molar-refractivity contribution in [3.8, 4) is 11.4 Å². The van der Waals surface area contributed by atoms with Crippen LogP contribution in [0.25, 0.3) is 11.4 Å². The Kier molecular flexibility index (Phi) is 5.57. The fourth-order valence-corrected chi connectivity index (χ4v) is 4.08. The highest BCUT2D eigenvalue weighted by Gasteiger charge is 2.30. The van der Waals surface area contributed by atoms with Gasteiger partial charge in [0.25, 0.3) is 0 Å². The SMILES string of the molecule is CC[C@H](C)c1ccc(C(=O)CSc2nnc(-c3cccnc3)n2C2CC2)cc1. The zero-order valence-electron chi connectivity index (χ0n) is 16.2. The number of nitrogens with zero attached hydrogens (tertiary/aromatic N) is 4. The molecule has 2 aromatic heterocycles. The normalized spacial score (nSPS) is 14.8. The Hall–Kier alpha value is -2.47. The van der Waals surface area contributed by atoms with Gasteiger partial charge in [-0.25, -0.2) is 0 Å². The van der Waals surface area contributed by atoms with E-state index in [-0.39, 0.29) is 5.78 Å². The van der Waals surface area contributed by atoms with Gasteiger partial charge in [-0.3, -0.25) is 14.3 Å². The van der Waals surface area contributed by atoms with Crippen LogP contribution < -0.4 is 0 Å². The third-order valence-corrected chi connectivity index (χ3v) is 6.19. The Morgan fingerprint density at radius 2 is 2.00 bits per heavy atom. The molecule has 3 aromatic rings. The van der Waals surface area contributed by atoms with Crippen LogP contribution in [0.4, 0.5) is 0 Å². The number of carbonyl (C=O) groups excluding carboxylic acids is 1. The van der Waals surface area contributed by atoms with E-state index in [1.165, 1.54) is 17.3 Å². The molecule has 0 bridgehead atoms. The number of Topliss-reactive ketones (excluding diaryl/α,β-unsaturated/α-hetero) is 1. The van der Waals surface area contributed by atoms with Gasteiger partial charge in [0.15, 0.2) is 16.8 Å². The number of hydrogen-bond donors (Lipinski definition) is 0. The number of hydrogen-bond acceptors (Lipinski definition) is 5. The summed E-state index contributed by atoms with van der Waals surface area (Å²) in [4.78, 5) is 16.8. The van der Waals surface area contributed by atoms with Crippen LogP contribution in [0.1, 0.15) is 61.0 Å². The summed E-state index contributed by atoms with van der Waals surface area (Å²) in [5.41, 5.74) is 2.99. The van der Waals surface area contributed by atoms with E-state index >= 15 is 0 Å². The Morgan fingerprint density at radius 3 is 2.64 bits per heavy atom. The van der Waals surface area contributed by atoms with Crippen molar-refractivity contribution < 1.29 is 4.79 Å². The maximum Gasteiger partial charge on any atom is 0.192 e. The van der Waals surface area contributed by atoms with Crippen LogP contribution in [0.2, 0.25) is 0 Å². The molecule has 6 heteroatoms. The highest BCUT2D eigenvalue weighted by Crippen LogP contribution is 2.41. The van der Waals surface area contributed by atoms with Crippen molar-refractivity contribution in [2.75, 3.05) is 5.75 Å². The van der Waals surface area contributed by atoms with Crippen LogP contribution in [0.3, 0.4) is 0 Å². The topological polar surface area (TPSA) is 60.7 Å². The molecule has 1 aromatic carbocycles. The van der Waals surface area contributed by atoms with Crippen LogP contribution in [-0.4, -0.2) is 31.3 Å². The van der Waals surface area contributed by atoms with Crippen molar-refractivity contribution in [2.45, 2.75) is 50.2 Å². The van der Waals surface area contributed by atoms with Gasteiger partial charge in [-0.2, -0.15) is 0 Å². The van der Waals surface area contributed by atoms with Crippen LogP contribution in [-0.2, 0) is 0 Å². The second kappa shape index (κ2) is 8.27. The highest BCUT2D eigenvalue weighted by molar-refractivity contribution is 7.99. The van der Waals surface area contributed by atoms with Crippen molar-refractivity contribution in [3.05, 3.63) is 59.9 Å². The fraction of sp³-hybridized carbons (Fsp3) is 0.364. The Bertz CT molecular complexity index is 948. The molecule has 0 aliphatic heterocycles. The summed E-state index contributed by atoms with van der Waals surface area (Å²) in [6.45, 7) is 4.38. The van der Waals surface area contributed by atoms with E-state index in [0.29, 0.717) is 17.7 Å². The number of carbonyl (C=O) groups is 1. The zero-order valence-corrected chi connectivity index (χ0v) is 17.0. The van der Waals surface area contributed by atoms with E-state index in [1.54, 1.807) is 12.4 Å².